The van der Waals surface area contributed by atoms with Gasteiger partial charge in [0.15, 0.2) is 9.84 Å². The molecule has 0 bridgehead atoms. The molecule has 0 spiro atoms. The fraction of sp³-hybridized carbons (Fsp3) is 0.667. The van der Waals surface area contributed by atoms with Crippen LogP contribution >= 0.6 is 0 Å². The van der Waals surface area contributed by atoms with Crippen molar-refractivity contribution in [1.29, 1.82) is 0 Å². The van der Waals surface area contributed by atoms with Crippen molar-refractivity contribution in [2.45, 2.75) is 63.1 Å². The summed E-state index contributed by atoms with van der Waals surface area (Å²) in [5, 5.41) is 8.59. The maximum Gasteiger partial charge on any atom is 0.306 e. The minimum atomic E-state index is -3.65. The quantitative estimate of drug-likeness (QED) is 0.630. The van der Waals surface area contributed by atoms with E-state index in [0.29, 0.717) is 37.8 Å². The summed E-state index contributed by atoms with van der Waals surface area (Å²) in [6, 6.07) is 6.51. The summed E-state index contributed by atoms with van der Waals surface area (Å²) in [6.45, 7) is 8.07. The Kier molecular flexibility index (Phi) is 8.31. The van der Waals surface area contributed by atoms with E-state index in [1.807, 2.05) is 4.90 Å². The van der Waals surface area contributed by atoms with Crippen molar-refractivity contribution in [2.75, 3.05) is 19.7 Å². The van der Waals surface area contributed by atoms with Gasteiger partial charge in [-0.2, -0.15) is 0 Å². The molecule has 2 unspecified atom stereocenters. The number of carboxylic acid groups (broad SMARTS) is 1. The summed E-state index contributed by atoms with van der Waals surface area (Å²) in [6.07, 6.45) is 3.42. The summed E-state index contributed by atoms with van der Waals surface area (Å²) in [5.41, 5.74) is 0. The molecule has 1 N–H and O–H groups in total. The van der Waals surface area contributed by atoms with Crippen molar-refractivity contribution < 1.29 is 23.1 Å². The Morgan fingerprint density at radius 3 is 2.54 bits per heavy atom. The number of hydrogen-bond donors (Lipinski definition) is 1. The lowest BCUT2D eigenvalue weighted by Gasteiger charge is -2.37. The highest BCUT2D eigenvalue weighted by Crippen LogP contribution is 2.31. The van der Waals surface area contributed by atoms with Crippen LogP contribution in [0.5, 0.6) is 5.75 Å². The molecule has 1 aliphatic rings. The molecular formula is C21H33NO5S. The summed E-state index contributed by atoms with van der Waals surface area (Å²) < 4.78 is 32.2. The van der Waals surface area contributed by atoms with Crippen LogP contribution in [0.2, 0.25) is 0 Å². The average Bonchev–Trinajstić information content (AvgIpc) is 2.66. The van der Waals surface area contributed by atoms with Crippen molar-refractivity contribution in [3.63, 3.8) is 0 Å². The first-order chi connectivity index (χ1) is 13.3. The average molecular weight is 412 g/mol. The molecule has 1 saturated heterocycles. The number of benzene rings is 1. The predicted octanol–water partition coefficient (Wildman–Crippen LogP) is 3.81. The summed E-state index contributed by atoms with van der Waals surface area (Å²) >= 11 is 0. The molecule has 1 heterocycles. The van der Waals surface area contributed by atoms with Gasteiger partial charge in [-0.1, -0.05) is 27.2 Å². The number of sulfone groups is 1. The van der Waals surface area contributed by atoms with E-state index in [-0.39, 0.29) is 11.3 Å². The molecule has 1 aromatic rings. The Labute approximate surface area is 168 Å². The lowest BCUT2D eigenvalue weighted by atomic mass is 9.96. The molecule has 2 rings (SSSR count). The Balaban J connectivity index is 2.17. The number of carboxylic acids is 1. The van der Waals surface area contributed by atoms with Crippen LogP contribution in [-0.4, -0.2) is 49.5 Å². The van der Waals surface area contributed by atoms with Crippen LogP contribution in [0.4, 0.5) is 0 Å². The van der Waals surface area contributed by atoms with E-state index >= 15 is 0 Å². The number of hydrogen-bond acceptors (Lipinski definition) is 5. The van der Waals surface area contributed by atoms with Crippen molar-refractivity contribution in [1.82, 2.24) is 4.90 Å². The molecule has 1 aromatic carbocycles. The van der Waals surface area contributed by atoms with Gasteiger partial charge < -0.3 is 9.84 Å². The van der Waals surface area contributed by atoms with Gasteiger partial charge in [-0.05, 0) is 62.4 Å². The zero-order valence-electron chi connectivity index (χ0n) is 17.1. The smallest absolute Gasteiger partial charge is 0.306 e. The number of unbranched alkanes of at least 4 members (excludes halogenated alkanes) is 1. The van der Waals surface area contributed by atoms with Crippen LogP contribution in [0.3, 0.4) is 0 Å². The topological polar surface area (TPSA) is 83.9 Å². The van der Waals surface area contributed by atoms with Crippen LogP contribution in [0.25, 0.3) is 0 Å². The number of piperidine rings is 1. The van der Waals surface area contributed by atoms with Crippen LogP contribution in [0.1, 0.15) is 52.9 Å². The van der Waals surface area contributed by atoms with Gasteiger partial charge in [0, 0.05) is 6.54 Å². The van der Waals surface area contributed by atoms with Gasteiger partial charge in [0.25, 0.3) is 0 Å². The number of ether oxygens (including phenoxy) is 1. The second kappa shape index (κ2) is 10.3. The van der Waals surface area contributed by atoms with Crippen LogP contribution in [0.15, 0.2) is 29.2 Å². The third-order valence-corrected chi connectivity index (χ3v) is 7.42. The molecular weight excluding hydrogens is 378 g/mol. The monoisotopic (exact) mass is 411 g/mol. The molecule has 158 valence electrons. The van der Waals surface area contributed by atoms with Gasteiger partial charge in [0.05, 0.1) is 17.4 Å². The highest BCUT2D eigenvalue weighted by Gasteiger charge is 2.40. The molecule has 7 heteroatoms. The minimum Gasteiger partial charge on any atom is -0.494 e. The molecule has 0 aliphatic carbocycles. The van der Waals surface area contributed by atoms with Crippen LogP contribution in [0, 0.1) is 11.8 Å². The van der Waals surface area contributed by atoms with E-state index in [9.17, 15) is 18.3 Å². The van der Waals surface area contributed by atoms with Gasteiger partial charge in [-0.3, -0.25) is 9.69 Å². The molecule has 28 heavy (non-hydrogen) atoms. The number of likely N-dealkylation sites (tertiary alicyclic amines) is 1. The second-order valence-corrected chi connectivity index (χ2v) is 10.1. The largest absolute Gasteiger partial charge is 0.494 e. The zero-order chi connectivity index (χ0) is 20.7. The highest BCUT2D eigenvalue weighted by molar-refractivity contribution is 7.92. The first-order valence-electron chi connectivity index (χ1n) is 10.2. The lowest BCUT2D eigenvalue weighted by molar-refractivity contribution is -0.143. The molecule has 0 radical (unpaired) electrons. The SMILES string of the molecule is CCCCN1CCC(C(=O)O)CC1S(=O)(=O)c1ccc(OCCC(C)C)cc1. The molecule has 0 amide bonds. The van der Waals surface area contributed by atoms with Crippen LogP contribution in [-0.2, 0) is 14.6 Å². The van der Waals surface area contributed by atoms with E-state index in [4.69, 9.17) is 4.74 Å². The van der Waals surface area contributed by atoms with Gasteiger partial charge in [0.1, 0.15) is 11.1 Å². The fourth-order valence-corrected chi connectivity index (χ4v) is 5.35. The zero-order valence-corrected chi connectivity index (χ0v) is 18.0. The molecule has 1 aliphatic heterocycles. The van der Waals surface area contributed by atoms with Crippen molar-refractivity contribution in [3.05, 3.63) is 24.3 Å². The summed E-state index contributed by atoms with van der Waals surface area (Å²) in [4.78, 5) is 13.6. The Morgan fingerprint density at radius 2 is 1.96 bits per heavy atom. The number of aliphatic carboxylic acids is 1. The normalized spacial score (nSPS) is 21.0. The van der Waals surface area contributed by atoms with Gasteiger partial charge in [0.2, 0.25) is 0 Å². The first kappa shape index (κ1) is 22.7. The maximum atomic E-state index is 13.3. The standard InChI is InChI=1S/C21H33NO5S/c1-4-5-12-22-13-10-17(21(23)24)15-20(22)28(25,26)19-8-6-18(7-9-19)27-14-11-16(2)3/h6-9,16-17,20H,4-5,10-15H2,1-3H3,(H,23,24). The van der Waals surface area contributed by atoms with Gasteiger partial charge in [-0.15, -0.1) is 0 Å². The molecule has 0 saturated carbocycles. The van der Waals surface area contributed by atoms with E-state index in [1.165, 1.54) is 0 Å². The van der Waals surface area contributed by atoms with E-state index < -0.39 is 27.1 Å². The maximum absolute atomic E-state index is 13.3. The Hall–Kier alpha value is -1.60. The highest BCUT2D eigenvalue weighted by atomic mass is 32.2. The predicted molar refractivity (Wildman–Crippen MR) is 109 cm³/mol. The summed E-state index contributed by atoms with van der Waals surface area (Å²) in [5.74, 6) is -0.336. The van der Waals surface area contributed by atoms with Gasteiger partial charge >= 0.3 is 5.97 Å². The number of carbonyl (C=O) groups is 1. The Morgan fingerprint density at radius 1 is 1.29 bits per heavy atom. The van der Waals surface area contributed by atoms with E-state index in [1.54, 1.807) is 24.3 Å². The third kappa shape index (κ3) is 5.95. The lowest BCUT2D eigenvalue weighted by Crippen LogP contribution is -2.48. The number of rotatable bonds is 10. The Bertz CT molecular complexity index is 730. The van der Waals surface area contributed by atoms with E-state index in [0.717, 1.165) is 19.3 Å². The molecule has 2 atom stereocenters. The number of nitrogens with zero attached hydrogens (tertiary/aromatic N) is 1. The van der Waals surface area contributed by atoms with E-state index in [2.05, 4.69) is 20.8 Å². The second-order valence-electron chi connectivity index (χ2n) is 7.95. The molecule has 0 aromatic heterocycles. The van der Waals surface area contributed by atoms with Crippen molar-refractivity contribution >= 4 is 15.8 Å². The first-order valence-corrected chi connectivity index (χ1v) is 11.7. The van der Waals surface area contributed by atoms with Crippen molar-refractivity contribution in [3.8, 4) is 5.75 Å². The van der Waals surface area contributed by atoms with Crippen LogP contribution < -0.4 is 4.74 Å². The fourth-order valence-electron chi connectivity index (χ4n) is 3.44. The van der Waals surface area contributed by atoms with Crippen molar-refractivity contribution in [2.24, 2.45) is 11.8 Å². The minimum absolute atomic E-state index is 0.133. The molecule has 1 fully saturated rings. The third-order valence-electron chi connectivity index (χ3n) is 5.28. The van der Waals surface area contributed by atoms with Gasteiger partial charge in [-0.25, -0.2) is 8.42 Å². The summed E-state index contributed by atoms with van der Waals surface area (Å²) in [7, 11) is -3.65. The molecule has 6 nitrogen and oxygen atoms in total.